The van der Waals surface area contributed by atoms with Gasteiger partial charge in [0.15, 0.2) is 12.4 Å². The second-order valence-electron chi connectivity index (χ2n) is 8.83. The fourth-order valence-corrected chi connectivity index (χ4v) is 4.17. The fraction of sp³-hybridized carbons (Fsp3) is 0.241. The Balaban J connectivity index is 1.69. The van der Waals surface area contributed by atoms with Gasteiger partial charge >= 0.3 is 0 Å². The van der Waals surface area contributed by atoms with E-state index in [4.69, 9.17) is 15.5 Å². The van der Waals surface area contributed by atoms with E-state index in [0.29, 0.717) is 29.8 Å². The summed E-state index contributed by atoms with van der Waals surface area (Å²) in [6.07, 6.45) is 5.75. The SMILES string of the molecule is CCCCc1nc(C)n(-c2ncc(OCC(N)=O)cn2)c(=O)c1Cc1ccc(-c2ccccc2C#N)cc1. The van der Waals surface area contributed by atoms with E-state index in [0.717, 1.165) is 35.2 Å². The molecule has 2 aromatic heterocycles. The van der Waals surface area contributed by atoms with E-state index in [1.165, 1.54) is 17.0 Å². The van der Waals surface area contributed by atoms with E-state index in [1.54, 1.807) is 13.0 Å². The van der Waals surface area contributed by atoms with Gasteiger partial charge in [0.2, 0.25) is 5.95 Å². The lowest BCUT2D eigenvalue weighted by Gasteiger charge is -2.15. The molecule has 1 amide bonds. The predicted molar refractivity (Wildman–Crippen MR) is 143 cm³/mol. The molecule has 4 rings (SSSR count). The molecule has 0 unspecified atom stereocenters. The highest BCUT2D eigenvalue weighted by atomic mass is 16.5. The number of aromatic nitrogens is 4. The van der Waals surface area contributed by atoms with Gasteiger partial charge in [0.1, 0.15) is 5.82 Å². The van der Waals surface area contributed by atoms with Crippen LogP contribution in [0.25, 0.3) is 17.1 Å². The lowest BCUT2D eigenvalue weighted by molar-refractivity contribution is -0.119. The number of primary amides is 1. The van der Waals surface area contributed by atoms with Crippen LogP contribution in [0.1, 0.15) is 48.0 Å². The Kier molecular flexibility index (Phi) is 8.23. The van der Waals surface area contributed by atoms with Crippen molar-refractivity contribution < 1.29 is 9.53 Å². The van der Waals surface area contributed by atoms with Gasteiger partial charge in [-0.25, -0.2) is 19.5 Å². The minimum absolute atomic E-state index is 0.165. The van der Waals surface area contributed by atoms with Gasteiger partial charge in [0, 0.05) is 12.0 Å². The zero-order valence-electron chi connectivity index (χ0n) is 21.3. The van der Waals surface area contributed by atoms with Gasteiger partial charge in [-0.2, -0.15) is 5.26 Å². The van der Waals surface area contributed by atoms with E-state index in [-0.39, 0.29) is 23.9 Å². The summed E-state index contributed by atoms with van der Waals surface area (Å²) in [5.74, 6) is 0.307. The van der Waals surface area contributed by atoms with Gasteiger partial charge < -0.3 is 10.5 Å². The maximum absolute atomic E-state index is 13.8. The van der Waals surface area contributed by atoms with Crippen molar-refractivity contribution in [2.24, 2.45) is 5.73 Å². The van der Waals surface area contributed by atoms with Crippen LogP contribution in [0.3, 0.4) is 0 Å². The number of nitrogens with zero attached hydrogens (tertiary/aromatic N) is 5. The van der Waals surface area contributed by atoms with Gasteiger partial charge in [0.25, 0.3) is 11.5 Å². The highest BCUT2D eigenvalue weighted by Crippen LogP contribution is 2.24. The molecule has 0 bridgehead atoms. The monoisotopic (exact) mass is 508 g/mol. The Morgan fingerprint density at radius 3 is 2.47 bits per heavy atom. The van der Waals surface area contributed by atoms with Gasteiger partial charge in [-0.05, 0) is 42.5 Å². The highest BCUT2D eigenvalue weighted by molar-refractivity contribution is 5.75. The quantitative estimate of drug-likeness (QED) is 0.345. The maximum Gasteiger partial charge on any atom is 0.264 e. The molecule has 0 saturated carbocycles. The van der Waals surface area contributed by atoms with E-state index in [1.807, 2.05) is 42.5 Å². The molecular formula is C29H28N6O3. The fourth-order valence-electron chi connectivity index (χ4n) is 4.17. The van der Waals surface area contributed by atoms with Crippen LogP contribution in [0.4, 0.5) is 0 Å². The van der Waals surface area contributed by atoms with E-state index in [2.05, 4.69) is 23.0 Å². The highest BCUT2D eigenvalue weighted by Gasteiger charge is 2.18. The lowest BCUT2D eigenvalue weighted by Crippen LogP contribution is -2.29. The van der Waals surface area contributed by atoms with Crippen LogP contribution < -0.4 is 16.0 Å². The Morgan fingerprint density at radius 1 is 1.11 bits per heavy atom. The molecule has 0 fully saturated rings. The number of carbonyl (C=O) groups excluding carboxylic acids is 1. The average Bonchev–Trinajstić information content (AvgIpc) is 2.93. The van der Waals surface area contributed by atoms with Gasteiger partial charge in [-0.1, -0.05) is 55.8 Å². The number of amides is 1. The first-order valence-corrected chi connectivity index (χ1v) is 12.3. The van der Waals surface area contributed by atoms with Crippen LogP contribution in [-0.4, -0.2) is 32.0 Å². The molecule has 0 saturated heterocycles. The number of benzene rings is 2. The van der Waals surface area contributed by atoms with E-state index >= 15 is 0 Å². The van der Waals surface area contributed by atoms with E-state index < -0.39 is 5.91 Å². The number of hydrogen-bond acceptors (Lipinski definition) is 7. The van der Waals surface area contributed by atoms with E-state index in [9.17, 15) is 14.9 Å². The summed E-state index contributed by atoms with van der Waals surface area (Å²) in [7, 11) is 0. The molecule has 9 heteroatoms. The van der Waals surface area contributed by atoms with Crippen LogP contribution in [0.2, 0.25) is 0 Å². The second kappa shape index (κ2) is 11.9. The average molecular weight is 509 g/mol. The smallest absolute Gasteiger partial charge is 0.264 e. The van der Waals surface area contributed by atoms with Gasteiger partial charge in [-0.15, -0.1) is 0 Å². The number of nitriles is 1. The van der Waals surface area contributed by atoms with Crippen LogP contribution in [-0.2, 0) is 17.6 Å². The Hall–Kier alpha value is -4.84. The summed E-state index contributed by atoms with van der Waals surface area (Å²) < 4.78 is 6.61. The zero-order chi connectivity index (χ0) is 27.1. The molecule has 38 heavy (non-hydrogen) atoms. The minimum Gasteiger partial charge on any atom is -0.481 e. The second-order valence-corrected chi connectivity index (χ2v) is 8.83. The minimum atomic E-state index is -0.611. The third-order valence-electron chi connectivity index (χ3n) is 6.09. The topological polar surface area (TPSA) is 137 Å². The first-order valence-electron chi connectivity index (χ1n) is 12.3. The largest absolute Gasteiger partial charge is 0.481 e. The number of unbranched alkanes of at least 4 members (excludes halogenated alkanes) is 1. The van der Waals surface area contributed by atoms with Crippen molar-refractivity contribution in [1.82, 2.24) is 19.5 Å². The Labute approximate surface area is 220 Å². The molecule has 2 aromatic carbocycles. The molecule has 0 aliphatic carbocycles. The van der Waals surface area contributed by atoms with Gasteiger partial charge in [-0.3, -0.25) is 9.59 Å². The first-order chi connectivity index (χ1) is 18.4. The van der Waals surface area contributed by atoms with Gasteiger partial charge in [0.05, 0.1) is 29.7 Å². The number of carbonyl (C=O) groups is 1. The number of rotatable bonds is 10. The molecule has 4 aromatic rings. The van der Waals surface area contributed by atoms with Crippen molar-refractivity contribution in [3.05, 3.63) is 99.5 Å². The van der Waals surface area contributed by atoms with Crippen LogP contribution >= 0.6 is 0 Å². The standard InChI is InChI=1S/C29H28N6O3/c1-3-4-9-26-25(14-20-10-12-21(13-11-20)24-8-6-5-7-22(24)15-30)28(37)35(19(2)34-26)29-32-16-23(17-33-29)38-18-27(31)36/h5-8,10-13,16-17H,3-4,9,14,18H2,1-2H3,(H2,31,36). The van der Waals surface area contributed by atoms with Crippen LogP contribution in [0, 0.1) is 18.3 Å². The summed E-state index contributed by atoms with van der Waals surface area (Å²) >= 11 is 0. The lowest BCUT2D eigenvalue weighted by atomic mass is 9.97. The molecule has 0 spiro atoms. The molecule has 2 heterocycles. The Bertz CT molecular complexity index is 1540. The van der Waals surface area contributed by atoms with Crippen molar-refractivity contribution in [1.29, 1.82) is 5.26 Å². The van der Waals surface area contributed by atoms with Crippen LogP contribution in [0.15, 0.2) is 65.7 Å². The number of ether oxygens (including phenoxy) is 1. The number of nitrogens with two attached hydrogens (primary N) is 1. The van der Waals surface area contributed by atoms with Crippen LogP contribution in [0.5, 0.6) is 5.75 Å². The molecule has 0 atom stereocenters. The zero-order valence-corrected chi connectivity index (χ0v) is 21.3. The van der Waals surface area contributed by atoms with Crippen molar-refractivity contribution in [3.63, 3.8) is 0 Å². The van der Waals surface area contributed by atoms with Crippen molar-refractivity contribution in [2.45, 2.75) is 39.5 Å². The molecule has 0 radical (unpaired) electrons. The molecule has 0 aliphatic heterocycles. The molecule has 2 N–H and O–H groups in total. The third kappa shape index (κ3) is 5.93. The molecule has 192 valence electrons. The third-order valence-corrected chi connectivity index (χ3v) is 6.09. The van der Waals surface area contributed by atoms with Crippen molar-refractivity contribution in [3.8, 4) is 28.9 Å². The number of aryl methyl sites for hydroxylation is 2. The predicted octanol–water partition coefficient (Wildman–Crippen LogP) is 3.67. The number of hydrogen-bond donors (Lipinski definition) is 1. The summed E-state index contributed by atoms with van der Waals surface area (Å²) in [6.45, 7) is 3.56. The normalized spacial score (nSPS) is 10.7. The maximum atomic E-state index is 13.8. The summed E-state index contributed by atoms with van der Waals surface area (Å²) in [4.78, 5) is 38.0. The van der Waals surface area contributed by atoms with Crippen molar-refractivity contribution >= 4 is 5.91 Å². The molecule has 0 aliphatic rings. The summed E-state index contributed by atoms with van der Waals surface area (Å²) in [5, 5.41) is 9.44. The molecule has 9 nitrogen and oxygen atoms in total. The summed E-state index contributed by atoms with van der Waals surface area (Å²) in [6, 6.07) is 17.6. The van der Waals surface area contributed by atoms with Crippen molar-refractivity contribution in [2.75, 3.05) is 6.61 Å². The first kappa shape index (κ1) is 26.2. The Morgan fingerprint density at radius 2 is 1.82 bits per heavy atom. The summed E-state index contributed by atoms with van der Waals surface area (Å²) in [5.41, 5.74) is 9.60. The molecular weight excluding hydrogens is 480 g/mol.